The van der Waals surface area contributed by atoms with Gasteiger partial charge in [-0.25, -0.2) is 9.78 Å². The van der Waals surface area contributed by atoms with Gasteiger partial charge in [0.25, 0.3) is 0 Å². The Hall–Kier alpha value is -1.33. The number of pyridine rings is 1. The van der Waals surface area contributed by atoms with Crippen LogP contribution in [0.4, 0.5) is 10.5 Å². The molecular weight excluding hydrogens is 266 g/mol. The van der Waals surface area contributed by atoms with E-state index in [0.29, 0.717) is 5.69 Å². The second-order valence-electron chi connectivity index (χ2n) is 4.93. The normalized spacial score (nSPS) is 17.8. The summed E-state index contributed by atoms with van der Waals surface area (Å²) in [5, 5.41) is 15.8. The Labute approximate surface area is 117 Å². The Bertz CT molecular complexity index is 447. The van der Waals surface area contributed by atoms with Crippen molar-refractivity contribution < 1.29 is 9.90 Å². The van der Waals surface area contributed by atoms with Crippen molar-refractivity contribution in [2.24, 2.45) is 0 Å². The number of hydrogen-bond acceptors (Lipinski definition) is 3. The van der Waals surface area contributed by atoms with E-state index in [9.17, 15) is 9.90 Å². The number of anilines is 1. The van der Waals surface area contributed by atoms with Crippen molar-refractivity contribution in [3.63, 3.8) is 0 Å². The number of halogens is 1. The molecule has 2 rings (SSSR count). The number of urea groups is 1. The smallest absolute Gasteiger partial charge is 0.319 e. The number of aliphatic hydroxyl groups is 1. The number of rotatable bonds is 3. The zero-order chi connectivity index (χ0) is 13.7. The number of nitrogens with zero attached hydrogens (tertiary/aromatic N) is 1. The molecule has 2 amide bonds. The van der Waals surface area contributed by atoms with Crippen LogP contribution >= 0.6 is 11.6 Å². The van der Waals surface area contributed by atoms with Gasteiger partial charge in [-0.2, -0.15) is 0 Å². The highest BCUT2D eigenvalue weighted by atomic mass is 35.5. The fraction of sp³-hybridized carbons (Fsp3) is 0.538. The van der Waals surface area contributed by atoms with Gasteiger partial charge in [-0.3, -0.25) is 0 Å². The van der Waals surface area contributed by atoms with E-state index in [1.807, 2.05) is 0 Å². The summed E-state index contributed by atoms with van der Waals surface area (Å²) < 4.78 is 0. The quantitative estimate of drug-likeness (QED) is 0.746. The molecule has 6 heteroatoms. The van der Waals surface area contributed by atoms with Crippen molar-refractivity contribution in [2.75, 3.05) is 11.9 Å². The van der Waals surface area contributed by atoms with E-state index in [2.05, 4.69) is 15.6 Å². The summed E-state index contributed by atoms with van der Waals surface area (Å²) in [6.07, 6.45) is 6.19. The Morgan fingerprint density at radius 2 is 2.16 bits per heavy atom. The van der Waals surface area contributed by atoms with Crippen molar-refractivity contribution in [1.29, 1.82) is 0 Å². The molecule has 104 valence electrons. The van der Waals surface area contributed by atoms with Crippen LogP contribution < -0.4 is 10.6 Å². The van der Waals surface area contributed by atoms with Crippen molar-refractivity contribution in [3.05, 3.63) is 23.5 Å². The maximum Gasteiger partial charge on any atom is 0.319 e. The molecule has 19 heavy (non-hydrogen) atoms. The highest BCUT2D eigenvalue weighted by Crippen LogP contribution is 2.27. The zero-order valence-electron chi connectivity index (χ0n) is 10.7. The van der Waals surface area contributed by atoms with E-state index < -0.39 is 5.60 Å². The van der Waals surface area contributed by atoms with E-state index in [4.69, 9.17) is 11.6 Å². The molecule has 0 saturated heterocycles. The third-order valence-electron chi connectivity index (χ3n) is 3.37. The van der Waals surface area contributed by atoms with Gasteiger partial charge >= 0.3 is 6.03 Å². The summed E-state index contributed by atoms with van der Waals surface area (Å²) in [6.45, 7) is 0.261. The number of nitrogens with one attached hydrogen (secondary N) is 2. The lowest BCUT2D eigenvalue weighted by Gasteiger charge is -2.32. The van der Waals surface area contributed by atoms with E-state index in [1.165, 1.54) is 0 Å². The fourth-order valence-electron chi connectivity index (χ4n) is 2.28. The summed E-state index contributed by atoms with van der Waals surface area (Å²) >= 11 is 5.84. The minimum absolute atomic E-state index is 0.244. The molecular formula is C13H18ClN3O2. The maximum absolute atomic E-state index is 11.7. The lowest BCUT2D eigenvalue weighted by Crippen LogP contribution is -2.45. The molecule has 0 radical (unpaired) electrons. The first-order valence-electron chi connectivity index (χ1n) is 6.47. The molecule has 0 unspecified atom stereocenters. The molecule has 0 bridgehead atoms. The van der Waals surface area contributed by atoms with Gasteiger partial charge in [-0.15, -0.1) is 0 Å². The highest BCUT2D eigenvalue weighted by Gasteiger charge is 2.29. The molecule has 0 aliphatic heterocycles. The van der Waals surface area contributed by atoms with Gasteiger partial charge in [-0.1, -0.05) is 30.9 Å². The molecule has 1 aliphatic carbocycles. The summed E-state index contributed by atoms with van der Waals surface area (Å²) in [5.74, 6) is 0. The van der Waals surface area contributed by atoms with E-state index >= 15 is 0 Å². The van der Waals surface area contributed by atoms with Crippen LogP contribution in [0.1, 0.15) is 32.1 Å². The Morgan fingerprint density at radius 1 is 1.42 bits per heavy atom. The van der Waals surface area contributed by atoms with Crippen LogP contribution in [0.2, 0.25) is 5.15 Å². The van der Waals surface area contributed by atoms with E-state index in [1.54, 1.807) is 18.3 Å². The number of amides is 2. The molecule has 1 heterocycles. The van der Waals surface area contributed by atoms with E-state index in [-0.39, 0.29) is 17.7 Å². The third-order valence-corrected chi connectivity index (χ3v) is 3.67. The molecule has 3 N–H and O–H groups in total. The summed E-state index contributed by atoms with van der Waals surface area (Å²) in [4.78, 5) is 15.6. The predicted molar refractivity (Wildman–Crippen MR) is 74.3 cm³/mol. The first-order chi connectivity index (χ1) is 9.09. The van der Waals surface area contributed by atoms with Gasteiger partial charge < -0.3 is 15.7 Å². The predicted octanol–water partition coefficient (Wildman–Crippen LogP) is 2.55. The summed E-state index contributed by atoms with van der Waals surface area (Å²) in [5.41, 5.74) is -0.314. The van der Waals surface area contributed by atoms with Crippen LogP contribution in [0.3, 0.4) is 0 Å². The minimum Gasteiger partial charge on any atom is -0.388 e. The number of carbonyl (C=O) groups excluding carboxylic acids is 1. The molecule has 0 atom stereocenters. The monoisotopic (exact) mass is 283 g/mol. The van der Waals surface area contributed by atoms with Gasteiger partial charge in [0.05, 0.1) is 11.3 Å². The zero-order valence-corrected chi connectivity index (χ0v) is 11.4. The maximum atomic E-state index is 11.7. The SMILES string of the molecule is O=C(NCC1(O)CCCCC1)Nc1cccnc1Cl. The van der Waals surface area contributed by atoms with Crippen molar-refractivity contribution in [2.45, 2.75) is 37.7 Å². The topological polar surface area (TPSA) is 74.2 Å². The Kier molecular flexibility index (Phi) is 4.61. The first-order valence-corrected chi connectivity index (χ1v) is 6.85. The molecule has 0 spiro atoms. The van der Waals surface area contributed by atoms with Gasteiger partial charge in [0, 0.05) is 12.7 Å². The molecule has 1 aliphatic rings. The van der Waals surface area contributed by atoms with Crippen LogP contribution in [0.5, 0.6) is 0 Å². The molecule has 1 aromatic heterocycles. The average molecular weight is 284 g/mol. The number of carbonyl (C=O) groups is 1. The largest absolute Gasteiger partial charge is 0.388 e. The number of hydrogen-bond donors (Lipinski definition) is 3. The number of aromatic nitrogens is 1. The van der Waals surface area contributed by atoms with Crippen molar-refractivity contribution >= 4 is 23.3 Å². The lowest BCUT2D eigenvalue weighted by atomic mass is 9.85. The fourth-order valence-corrected chi connectivity index (χ4v) is 2.44. The molecule has 1 aromatic rings. The molecule has 1 saturated carbocycles. The Balaban J connectivity index is 1.83. The molecule has 5 nitrogen and oxygen atoms in total. The van der Waals surface area contributed by atoms with Gasteiger partial charge in [0.1, 0.15) is 0 Å². The van der Waals surface area contributed by atoms with Crippen molar-refractivity contribution in [3.8, 4) is 0 Å². The summed E-state index contributed by atoms with van der Waals surface area (Å²) in [7, 11) is 0. The van der Waals surface area contributed by atoms with Crippen LogP contribution in [0, 0.1) is 0 Å². The van der Waals surface area contributed by atoms with Gasteiger partial charge in [0.2, 0.25) is 0 Å². The van der Waals surface area contributed by atoms with Crippen LogP contribution in [0.15, 0.2) is 18.3 Å². The van der Waals surface area contributed by atoms with Crippen LogP contribution in [-0.2, 0) is 0 Å². The minimum atomic E-state index is -0.770. The third kappa shape index (κ3) is 4.08. The average Bonchev–Trinajstić information content (AvgIpc) is 2.40. The second kappa shape index (κ2) is 6.21. The van der Waals surface area contributed by atoms with Gasteiger partial charge in [0.15, 0.2) is 5.15 Å². The standard InChI is InChI=1S/C13H18ClN3O2/c14-11-10(5-4-8-15-11)17-12(18)16-9-13(19)6-2-1-3-7-13/h4-5,8,19H,1-3,6-7,9H2,(H2,16,17,18). The van der Waals surface area contributed by atoms with Crippen molar-refractivity contribution in [1.82, 2.24) is 10.3 Å². The summed E-state index contributed by atoms with van der Waals surface area (Å²) in [6, 6.07) is 2.98. The van der Waals surface area contributed by atoms with Gasteiger partial charge in [-0.05, 0) is 25.0 Å². The molecule has 0 aromatic carbocycles. The first kappa shape index (κ1) is 14.1. The van der Waals surface area contributed by atoms with Crippen LogP contribution in [-0.4, -0.2) is 28.3 Å². The van der Waals surface area contributed by atoms with E-state index in [0.717, 1.165) is 32.1 Å². The highest BCUT2D eigenvalue weighted by molar-refractivity contribution is 6.32. The lowest BCUT2D eigenvalue weighted by molar-refractivity contribution is 0.00755. The Morgan fingerprint density at radius 3 is 2.84 bits per heavy atom. The van der Waals surface area contributed by atoms with Crippen LogP contribution in [0.25, 0.3) is 0 Å². The molecule has 1 fully saturated rings. The second-order valence-corrected chi connectivity index (χ2v) is 5.29.